The van der Waals surface area contributed by atoms with Crippen molar-refractivity contribution < 1.29 is 34.2 Å². The van der Waals surface area contributed by atoms with Gasteiger partial charge in [0, 0.05) is 13.6 Å². The Bertz CT molecular complexity index is 935. The van der Waals surface area contributed by atoms with E-state index in [1.165, 1.54) is 19.2 Å². The van der Waals surface area contributed by atoms with E-state index >= 15 is 0 Å². The maximum Gasteiger partial charge on any atom is 0.330 e. The number of rotatable bonds is 14. The molecule has 0 bridgehead atoms. The number of hydrogen-bond donors (Lipinski definition) is 7. The van der Waals surface area contributed by atoms with Gasteiger partial charge in [-0.25, -0.2) is 4.79 Å². The van der Waals surface area contributed by atoms with E-state index in [2.05, 4.69) is 15.6 Å². The van der Waals surface area contributed by atoms with E-state index in [4.69, 9.17) is 22.3 Å². The summed E-state index contributed by atoms with van der Waals surface area (Å²) in [6, 6.07) is 3.79. The van der Waals surface area contributed by atoms with Gasteiger partial charge >= 0.3 is 11.9 Å². The van der Waals surface area contributed by atoms with Crippen molar-refractivity contribution in [3.63, 3.8) is 0 Å². The number of aliphatic carboxylic acids is 2. The average molecular weight is 494 g/mol. The molecular weight excluding hydrogens is 462 g/mol. The molecule has 0 heterocycles. The van der Waals surface area contributed by atoms with Gasteiger partial charge in [-0.3, -0.25) is 24.2 Å². The van der Waals surface area contributed by atoms with Gasteiger partial charge in [-0.15, -0.1) is 0 Å². The molecule has 14 heteroatoms. The lowest BCUT2D eigenvalue weighted by molar-refractivity contribution is -0.144. The molecule has 192 valence electrons. The zero-order valence-electron chi connectivity index (χ0n) is 19.2. The van der Waals surface area contributed by atoms with Crippen molar-refractivity contribution in [2.24, 2.45) is 22.2 Å². The van der Waals surface area contributed by atoms with E-state index in [0.717, 1.165) is 4.90 Å². The molecule has 0 fully saturated rings. The number of benzene rings is 1. The number of hydrogen-bond acceptors (Lipinski definition) is 7. The second-order valence-corrected chi connectivity index (χ2v) is 7.66. The highest BCUT2D eigenvalue weighted by atomic mass is 16.4. The number of nitrogens with zero attached hydrogens (tertiary/aromatic N) is 2. The molecule has 1 rings (SSSR count). The number of carbonyl (C=O) groups is 5. The number of carboxylic acid groups (broad SMARTS) is 2. The van der Waals surface area contributed by atoms with Gasteiger partial charge in [-0.1, -0.05) is 30.3 Å². The number of aliphatic imine (C=N–C) groups is 1. The van der Waals surface area contributed by atoms with Gasteiger partial charge < -0.3 is 42.9 Å². The number of likely N-dealkylation sites (N-methyl/N-ethyl adjacent to an activating group) is 1. The molecule has 0 unspecified atom stereocenters. The monoisotopic (exact) mass is 493 g/mol. The van der Waals surface area contributed by atoms with Gasteiger partial charge in [0.2, 0.25) is 17.7 Å². The van der Waals surface area contributed by atoms with Crippen molar-refractivity contribution in [1.82, 2.24) is 15.5 Å². The highest BCUT2D eigenvalue weighted by molar-refractivity contribution is 5.94. The van der Waals surface area contributed by atoms with Crippen LogP contribution in [0.25, 0.3) is 0 Å². The SMILES string of the molecule is CN(CC(=O)N[C@@H](CC(=O)O)C(=O)N[C@H](C(=O)O)c1ccccc1)C(=O)[C@@H](N)CCCN=C(N)N. The molecule has 3 amide bonds. The predicted molar refractivity (Wildman–Crippen MR) is 125 cm³/mol. The van der Waals surface area contributed by atoms with Gasteiger partial charge in [0.05, 0.1) is 19.0 Å². The third-order valence-electron chi connectivity index (χ3n) is 4.74. The lowest BCUT2D eigenvalue weighted by atomic mass is 10.1. The van der Waals surface area contributed by atoms with Crippen molar-refractivity contribution in [2.75, 3.05) is 20.1 Å². The summed E-state index contributed by atoms with van der Waals surface area (Å²) in [5.41, 5.74) is 16.5. The number of nitrogens with one attached hydrogen (secondary N) is 2. The topological polar surface area (TPSA) is 244 Å². The summed E-state index contributed by atoms with van der Waals surface area (Å²) in [7, 11) is 1.32. The molecule has 0 radical (unpaired) electrons. The summed E-state index contributed by atoms with van der Waals surface area (Å²) in [4.78, 5) is 65.1. The second-order valence-electron chi connectivity index (χ2n) is 7.66. The normalized spacial score (nSPS) is 13.0. The third kappa shape index (κ3) is 10.5. The van der Waals surface area contributed by atoms with Gasteiger partial charge in [-0.2, -0.15) is 0 Å². The molecule has 1 aromatic carbocycles. The van der Waals surface area contributed by atoms with Crippen LogP contribution in [0, 0.1) is 0 Å². The van der Waals surface area contributed by atoms with Crippen LogP contribution in [-0.4, -0.2) is 83.0 Å². The number of carboxylic acids is 2. The second kappa shape index (κ2) is 14.1. The summed E-state index contributed by atoms with van der Waals surface area (Å²) < 4.78 is 0. The maximum absolute atomic E-state index is 12.6. The molecule has 14 nitrogen and oxygen atoms in total. The van der Waals surface area contributed by atoms with E-state index in [1.54, 1.807) is 18.2 Å². The van der Waals surface area contributed by atoms with E-state index in [0.29, 0.717) is 6.42 Å². The smallest absolute Gasteiger partial charge is 0.330 e. The number of nitrogens with two attached hydrogens (primary N) is 3. The van der Waals surface area contributed by atoms with Gasteiger partial charge in [0.1, 0.15) is 6.04 Å². The minimum Gasteiger partial charge on any atom is -0.481 e. The first-order valence-corrected chi connectivity index (χ1v) is 10.6. The zero-order valence-corrected chi connectivity index (χ0v) is 19.2. The van der Waals surface area contributed by atoms with Crippen molar-refractivity contribution >= 4 is 35.6 Å². The third-order valence-corrected chi connectivity index (χ3v) is 4.74. The van der Waals surface area contributed by atoms with Crippen molar-refractivity contribution in [3.05, 3.63) is 35.9 Å². The number of guanidine groups is 1. The first-order chi connectivity index (χ1) is 16.4. The summed E-state index contributed by atoms with van der Waals surface area (Å²) in [5.74, 6) is -5.26. The molecule has 0 saturated heterocycles. The van der Waals surface area contributed by atoms with Crippen LogP contribution in [0.4, 0.5) is 0 Å². The van der Waals surface area contributed by atoms with Crippen molar-refractivity contribution in [1.29, 1.82) is 0 Å². The Morgan fingerprint density at radius 3 is 2.23 bits per heavy atom. The molecule has 0 aromatic heterocycles. The summed E-state index contributed by atoms with van der Waals surface area (Å²) >= 11 is 0. The quantitative estimate of drug-likeness (QED) is 0.0831. The van der Waals surface area contributed by atoms with E-state index < -0.39 is 60.8 Å². The molecular formula is C21H31N7O7. The number of amides is 3. The van der Waals surface area contributed by atoms with Crippen LogP contribution in [0.2, 0.25) is 0 Å². The lowest BCUT2D eigenvalue weighted by Crippen LogP contribution is -2.52. The molecule has 10 N–H and O–H groups in total. The van der Waals surface area contributed by atoms with Crippen LogP contribution >= 0.6 is 0 Å². The van der Waals surface area contributed by atoms with Crippen LogP contribution in [-0.2, 0) is 24.0 Å². The van der Waals surface area contributed by atoms with Crippen molar-refractivity contribution in [2.45, 2.75) is 37.4 Å². The Morgan fingerprint density at radius 2 is 1.69 bits per heavy atom. The fourth-order valence-corrected chi connectivity index (χ4v) is 3.02. The van der Waals surface area contributed by atoms with E-state index in [1.807, 2.05) is 0 Å². The largest absolute Gasteiger partial charge is 0.481 e. The number of carbonyl (C=O) groups excluding carboxylic acids is 3. The molecule has 1 aromatic rings. The fourth-order valence-electron chi connectivity index (χ4n) is 3.02. The predicted octanol–water partition coefficient (Wildman–Crippen LogP) is -2.27. The molecule has 0 aliphatic heterocycles. The van der Waals surface area contributed by atoms with E-state index in [9.17, 15) is 29.1 Å². The summed E-state index contributed by atoms with van der Waals surface area (Å²) in [5, 5.41) is 23.1. The Morgan fingerprint density at radius 1 is 1.06 bits per heavy atom. The Balaban J connectivity index is 2.76. The van der Waals surface area contributed by atoms with Crippen molar-refractivity contribution in [3.8, 4) is 0 Å². The lowest BCUT2D eigenvalue weighted by Gasteiger charge is -2.23. The van der Waals surface area contributed by atoms with Crippen LogP contribution in [0.5, 0.6) is 0 Å². The highest BCUT2D eigenvalue weighted by Crippen LogP contribution is 2.13. The summed E-state index contributed by atoms with van der Waals surface area (Å²) in [6.45, 7) is -0.231. The van der Waals surface area contributed by atoms with Gasteiger partial charge in [0.25, 0.3) is 0 Å². The van der Waals surface area contributed by atoms with Gasteiger partial charge in [0.15, 0.2) is 12.0 Å². The first-order valence-electron chi connectivity index (χ1n) is 10.6. The molecule has 0 saturated carbocycles. The van der Waals surface area contributed by atoms with Gasteiger partial charge in [-0.05, 0) is 18.4 Å². The Labute approximate surface area is 201 Å². The fraction of sp³-hybridized carbons (Fsp3) is 0.429. The molecule has 0 spiro atoms. The highest BCUT2D eigenvalue weighted by Gasteiger charge is 2.30. The van der Waals surface area contributed by atoms with Crippen LogP contribution in [0.15, 0.2) is 35.3 Å². The minimum absolute atomic E-state index is 0.0860. The molecule has 0 aliphatic rings. The first kappa shape index (κ1) is 28.8. The van der Waals surface area contributed by atoms with Crippen LogP contribution in [0.3, 0.4) is 0 Å². The molecule has 0 aliphatic carbocycles. The van der Waals surface area contributed by atoms with Crippen LogP contribution < -0.4 is 27.8 Å². The Hall–Kier alpha value is -4.20. The summed E-state index contributed by atoms with van der Waals surface area (Å²) in [6.07, 6.45) is -0.125. The zero-order chi connectivity index (χ0) is 26.5. The Kier molecular flexibility index (Phi) is 11.7. The standard InChI is InChI=1S/C21H31N7O7/c1-28(19(33)13(22)8-5-9-25-21(23)24)11-15(29)26-14(10-16(30)31)18(32)27-17(20(34)35)12-6-3-2-4-7-12/h2-4,6-7,13-14,17H,5,8-11,22H2,1H3,(H,26,29)(H,27,32)(H,30,31)(H,34,35)(H4,23,24,25)/t13-,14-,17-/m0/s1. The minimum atomic E-state index is -1.58. The molecule has 3 atom stereocenters. The van der Waals surface area contributed by atoms with E-state index in [-0.39, 0.29) is 24.5 Å². The maximum atomic E-state index is 12.6. The van der Waals surface area contributed by atoms with Crippen LogP contribution in [0.1, 0.15) is 30.9 Å². The molecule has 35 heavy (non-hydrogen) atoms. The average Bonchev–Trinajstić information content (AvgIpc) is 2.78.